The van der Waals surface area contributed by atoms with Gasteiger partial charge in [-0.05, 0) is 42.1 Å². The molecule has 0 radical (unpaired) electrons. The predicted molar refractivity (Wildman–Crippen MR) is 106 cm³/mol. The zero-order valence-corrected chi connectivity index (χ0v) is 15.7. The first kappa shape index (κ1) is 18.0. The van der Waals surface area contributed by atoms with Gasteiger partial charge in [0.1, 0.15) is 0 Å². The van der Waals surface area contributed by atoms with E-state index >= 15 is 0 Å². The molecule has 2 N–H and O–H groups in total. The molecule has 0 amide bonds. The first-order chi connectivity index (χ1) is 12.0. The van der Waals surface area contributed by atoms with Crippen LogP contribution >= 0.6 is 0 Å². The Kier molecular flexibility index (Phi) is 5.77. The molecular formula is C22H31N3. The number of benzene rings is 2. The Morgan fingerprint density at radius 2 is 1.60 bits per heavy atom. The van der Waals surface area contributed by atoms with Gasteiger partial charge in [0.25, 0.3) is 0 Å². The topological polar surface area (TPSA) is 32.5 Å². The van der Waals surface area contributed by atoms with E-state index in [4.69, 9.17) is 5.73 Å². The van der Waals surface area contributed by atoms with Crippen molar-refractivity contribution in [2.45, 2.75) is 33.0 Å². The van der Waals surface area contributed by atoms with Crippen LogP contribution in [-0.2, 0) is 13.1 Å². The predicted octanol–water partition coefficient (Wildman–Crippen LogP) is 3.86. The Morgan fingerprint density at radius 3 is 2.24 bits per heavy atom. The summed E-state index contributed by atoms with van der Waals surface area (Å²) in [5.41, 5.74) is 9.50. The van der Waals surface area contributed by atoms with E-state index in [0.717, 1.165) is 31.9 Å². The molecule has 1 aliphatic rings. The number of nitrogen functional groups attached to an aromatic ring is 1. The monoisotopic (exact) mass is 337 g/mol. The molecular weight excluding hydrogens is 306 g/mol. The Bertz CT molecular complexity index is 658. The van der Waals surface area contributed by atoms with E-state index < -0.39 is 0 Å². The lowest BCUT2D eigenvalue weighted by Gasteiger charge is -2.45. The molecule has 2 atom stereocenters. The van der Waals surface area contributed by atoms with Crippen molar-refractivity contribution in [3.63, 3.8) is 0 Å². The molecule has 1 saturated heterocycles. The number of anilines is 1. The number of hydrogen-bond acceptors (Lipinski definition) is 3. The molecule has 2 aromatic carbocycles. The maximum Gasteiger partial charge on any atom is 0.0317 e. The Hall–Kier alpha value is -1.84. The van der Waals surface area contributed by atoms with Crippen molar-refractivity contribution in [3.8, 4) is 0 Å². The van der Waals surface area contributed by atoms with Crippen molar-refractivity contribution in [2.24, 2.45) is 11.8 Å². The van der Waals surface area contributed by atoms with Gasteiger partial charge in [0.05, 0.1) is 0 Å². The molecule has 3 rings (SSSR count). The molecule has 3 nitrogen and oxygen atoms in total. The van der Waals surface area contributed by atoms with Gasteiger partial charge in [0.2, 0.25) is 0 Å². The third kappa shape index (κ3) is 4.62. The molecule has 0 aliphatic carbocycles. The average molecular weight is 338 g/mol. The summed E-state index contributed by atoms with van der Waals surface area (Å²) in [6, 6.07) is 19.7. The molecule has 3 heteroatoms. The van der Waals surface area contributed by atoms with Crippen LogP contribution in [0.15, 0.2) is 54.6 Å². The van der Waals surface area contributed by atoms with Gasteiger partial charge >= 0.3 is 0 Å². The molecule has 0 aromatic heterocycles. The Balaban J connectivity index is 1.62. The van der Waals surface area contributed by atoms with Gasteiger partial charge in [0.15, 0.2) is 0 Å². The minimum Gasteiger partial charge on any atom is -0.399 e. The second-order valence-corrected chi connectivity index (χ2v) is 7.78. The van der Waals surface area contributed by atoms with Gasteiger partial charge in [0, 0.05) is 37.9 Å². The van der Waals surface area contributed by atoms with Crippen LogP contribution in [0.4, 0.5) is 5.69 Å². The second kappa shape index (κ2) is 8.03. The number of nitrogens with zero attached hydrogens (tertiary/aromatic N) is 2. The fraction of sp³-hybridized carbons (Fsp3) is 0.455. The van der Waals surface area contributed by atoms with Gasteiger partial charge in [-0.25, -0.2) is 0 Å². The fourth-order valence-electron chi connectivity index (χ4n) is 4.59. The van der Waals surface area contributed by atoms with Crippen LogP contribution in [0.2, 0.25) is 0 Å². The summed E-state index contributed by atoms with van der Waals surface area (Å²) in [6.45, 7) is 9.13. The lowest BCUT2D eigenvalue weighted by molar-refractivity contribution is 0.0291. The summed E-state index contributed by atoms with van der Waals surface area (Å²) in [5, 5.41) is 0. The number of hydrogen-bond donors (Lipinski definition) is 1. The summed E-state index contributed by atoms with van der Waals surface area (Å²) < 4.78 is 0. The maximum absolute atomic E-state index is 5.93. The van der Waals surface area contributed by atoms with Gasteiger partial charge in [-0.1, -0.05) is 56.3 Å². The molecule has 134 valence electrons. The Labute approximate surface area is 152 Å². The van der Waals surface area contributed by atoms with E-state index in [1.165, 1.54) is 11.1 Å². The van der Waals surface area contributed by atoms with Crippen molar-refractivity contribution in [2.75, 3.05) is 25.9 Å². The first-order valence-electron chi connectivity index (χ1n) is 9.34. The summed E-state index contributed by atoms with van der Waals surface area (Å²) in [4.78, 5) is 5.12. The van der Waals surface area contributed by atoms with E-state index in [0.29, 0.717) is 17.9 Å². The zero-order chi connectivity index (χ0) is 17.8. The van der Waals surface area contributed by atoms with Gasteiger partial charge in [-0.15, -0.1) is 0 Å². The van der Waals surface area contributed by atoms with Crippen molar-refractivity contribution in [1.29, 1.82) is 0 Å². The van der Waals surface area contributed by atoms with Crippen molar-refractivity contribution < 1.29 is 0 Å². The summed E-state index contributed by atoms with van der Waals surface area (Å²) in [7, 11) is 2.26. The standard InChI is InChI=1S/C22H31N3/c1-17-13-25(16-19-8-5-4-6-9-19)14-18(2)22(17)24(3)15-20-10-7-11-21(23)12-20/h4-12,17-18,22H,13-16,23H2,1-3H3. The van der Waals surface area contributed by atoms with E-state index in [-0.39, 0.29) is 0 Å². The van der Waals surface area contributed by atoms with Crippen LogP contribution in [-0.4, -0.2) is 36.0 Å². The lowest BCUT2D eigenvalue weighted by atomic mass is 9.84. The quantitative estimate of drug-likeness (QED) is 0.841. The molecule has 2 aromatic rings. The summed E-state index contributed by atoms with van der Waals surface area (Å²) in [6.07, 6.45) is 0. The highest BCUT2D eigenvalue weighted by molar-refractivity contribution is 5.40. The Morgan fingerprint density at radius 1 is 0.960 bits per heavy atom. The number of likely N-dealkylation sites (tertiary alicyclic amines) is 1. The molecule has 2 unspecified atom stereocenters. The third-order valence-corrected chi connectivity index (χ3v) is 5.40. The van der Waals surface area contributed by atoms with Gasteiger partial charge < -0.3 is 5.73 Å². The molecule has 1 aliphatic heterocycles. The van der Waals surface area contributed by atoms with Gasteiger partial charge in [-0.2, -0.15) is 0 Å². The molecule has 0 spiro atoms. The minimum absolute atomic E-state index is 0.605. The third-order valence-electron chi connectivity index (χ3n) is 5.40. The molecule has 1 fully saturated rings. The highest BCUT2D eigenvalue weighted by Crippen LogP contribution is 2.28. The van der Waals surface area contributed by atoms with Crippen molar-refractivity contribution >= 4 is 5.69 Å². The van der Waals surface area contributed by atoms with E-state index in [9.17, 15) is 0 Å². The van der Waals surface area contributed by atoms with Gasteiger partial charge in [-0.3, -0.25) is 9.80 Å². The van der Waals surface area contributed by atoms with Crippen LogP contribution in [0.25, 0.3) is 0 Å². The largest absolute Gasteiger partial charge is 0.399 e. The molecule has 0 saturated carbocycles. The fourth-order valence-corrected chi connectivity index (χ4v) is 4.59. The maximum atomic E-state index is 5.93. The zero-order valence-electron chi connectivity index (χ0n) is 15.7. The second-order valence-electron chi connectivity index (χ2n) is 7.78. The van der Waals surface area contributed by atoms with Crippen LogP contribution in [0.1, 0.15) is 25.0 Å². The van der Waals surface area contributed by atoms with Crippen molar-refractivity contribution in [3.05, 3.63) is 65.7 Å². The number of nitrogens with two attached hydrogens (primary N) is 1. The number of piperidine rings is 1. The summed E-state index contributed by atoms with van der Waals surface area (Å²) in [5.74, 6) is 1.30. The van der Waals surface area contributed by atoms with Crippen LogP contribution in [0.5, 0.6) is 0 Å². The number of rotatable bonds is 5. The molecule has 1 heterocycles. The SMILES string of the molecule is CC1CN(Cc2ccccc2)CC(C)C1N(C)Cc1cccc(N)c1. The van der Waals surface area contributed by atoms with E-state index in [1.54, 1.807) is 0 Å². The molecule has 0 bridgehead atoms. The van der Waals surface area contributed by atoms with E-state index in [1.807, 2.05) is 12.1 Å². The normalized spacial score (nSPS) is 24.6. The average Bonchev–Trinajstić information content (AvgIpc) is 2.55. The highest BCUT2D eigenvalue weighted by Gasteiger charge is 2.34. The molecule has 25 heavy (non-hydrogen) atoms. The van der Waals surface area contributed by atoms with E-state index in [2.05, 4.69) is 73.2 Å². The van der Waals surface area contributed by atoms with Crippen LogP contribution < -0.4 is 5.73 Å². The summed E-state index contributed by atoms with van der Waals surface area (Å²) >= 11 is 0. The smallest absolute Gasteiger partial charge is 0.0317 e. The van der Waals surface area contributed by atoms with Crippen LogP contribution in [0, 0.1) is 11.8 Å². The first-order valence-corrected chi connectivity index (χ1v) is 9.34. The lowest BCUT2D eigenvalue weighted by Crippen LogP contribution is -2.53. The van der Waals surface area contributed by atoms with Crippen molar-refractivity contribution in [1.82, 2.24) is 9.80 Å². The van der Waals surface area contributed by atoms with Crippen LogP contribution in [0.3, 0.4) is 0 Å². The minimum atomic E-state index is 0.605. The highest BCUT2D eigenvalue weighted by atomic mass is 15.2.